The van der Waals surface area contributed by atoms with Gasteiger partial charge in [-0.2, -0.15) is 20.0 Å². The lowest BCUT2D eigenvalue weighted by molar-refractivity contribution is 0.372. The second kappa shape index (κ2) is 8.02. The molecule has 0 amide bonds. The van der Waals surface area contributed by atoms with Crippen LogP contribution in [0.15, 0.2) is 58.1 Å². The van der Waals surface area contributed by atoms with Gasteiger partial charge in [0.1, 0.15) is 5.69 Å². The maximum absolute atomic E-state index is 9.94. The molecule has 0 fully saturated rings. The van der Waals surface area contributed by atoms with Crippen molar-refractivity contribution in [1.82, 2.24) is 25.1 Å². The summed E-state index contributed by atoms with van der Waals surface area (Å²) in [5.74, 6) is 0.847. The van der Waals surface area contributed by atoms with E-state index in [2.05, 4.69) is 41.4 Å². The van der Waals surface area contributed by atoms with Crippen molar-refractivity contribution in [1.29, 1.82) is 0 Å². The number of ether oxygens (including phenoxy) is 1. The highest BCUT2D eigenvalue weighted by Crippen LogP contribution is 2.34. The quantitative estimate of drug-likeness (QED) is 0.297. The van der Waals surface area contributed by atoms with Gasteiger partial charge in [0.05, 0.1) is 23.5 Å². The molecule has 0 spiro atoms. The standard InChI is InChI=1S/C19H15BrN6O2S/c1-28-16-8-11(7-13(20)17(16)27)10-21-26-18(24-25-19(26)29)15-9-14(22-23-15)12-5-3-2-4-6-12/h2-10,27H,1H3,(H,22,23)(H,25,29)/b21-10+. The van der Waals surface area contributed by atoms with Gasteiger partial charge in [-0.25, -0.2) is 5.10 Å². The first-order chi connectivity index (χ1) is 14.1. The highest BCUT2D eigenvalue weighted by Gasteiger charge is 2.13. The van der Waals surface area contributed by atoms with E-state index in [-0.39, 0.29) is 5.75 Å². The highest BCUT2D eigenvalue weighted by molar-refractivity contribution is 9.10. The Balaban J connectivity index is 1.69. The van der Waals surface area contributed by atoms with Crippen molar-refractivity contribution >= 4 is 34.4 Å². The second-order valence-electron chi connectivity index (χ2n) is 6.00. The fourth-order valence-corrected chi connectivity index (χ4v) is 3.35. The van der Waals surface area contributed by atoms with E-state index in [1.165, 1.54) is 11.8 Å². The Morgan fingerprint density at radius 1 is 1.17 bits per heavy atom. The maximum atomic E-state index is 9.94. The van der Waals surface area contributed by atoms with E-state index in [0.29, 0.717) is 32.1 Å². The zero-order chi connectivity index (χ0) is 20.4. The zero-order valence-corrected chi connectivity index (χ0v) is 17.5. The molecule has 2 aromatic heterocycles. The molecular formula is C19H15BrN6O2S. The predicted octanol–water partition coefficient (Wildman–Crippen LogP) is 4.36. The van der Waals surface area contributed by atoms with Crippen LogP contribution in [0.5, 0.6) is 11.5 Å². The van der Waals surface area contributed by atoms with Crippen LogP contribution in [0.4, 0.5) is 0 Å². The number of aromatic hydroxyl groups is 1. The van der Waals surface area contributed by atoms with E-state index in [4.69, 9.17) is 17.0 Å². The van der Waals surface area contributed by atoms with E-state index in [0.717, 1.165) is 11.3 Å². The average Bonchev–Trinajstić information content (AvgIpc) is 3.36. The number of benzene rings is 2. The summed E-state index contributed by atoms with van der Waals surface area (Å²) >= 11 is 8.60. The number of rotatable bonds is 5. The Labute approximate surface area is 179 Å². The van der Waals surface area contributed by atoms with Gasteiger partial charge in [-0.1, -0.05) is 30.3 Å². The third kappa shape index (κ3) is 3.84. The summed E-state index contributed by atoms with van der Waals surface area (Å²) in [6, 6.07) is 15.1. The van der Waals surface area contributed by atoms with Gasteiger partial charge in [-0.05, 0) is 51.9 Å². The van der Waals surface area contributed by atoms with Crippen LogP contribution in [0.1, 0.15) is 5.56 Å². The minimum absolute atomic E-state index is 0.0242. The summed E-state index contributed by atoms with van der Waals surface area (Å²) in [4.78, 5) is 0. The molecule has 4 rings (SSSR count). The molecule has 2 heterocycles. The number of hydrogen-bond acceptors (Lipinski definition) is 6. The Morgan fingerprint density at radius 3 is 2.72 bits per heavy atom. The van der Waals surface area contributed by atoms with Crippen molar-refractivity contribution in [2.45, 2.75) is 0 Å². The Kier molecular flexibility index (Phi) is 5.28. The smallest absolute Gasteiger partial charge is 0.216 e. The number of aromatic nitrogens is 5. The van der Waals surface area contributed by atoms with Crippen LogP contribution < -0.4 is 4.74 Å². The number of methoxy groups -OCH3 is 1. The average molecular weight is 471 g/mol. The molecule has 146 valence electrons. The lowest BCUT2D eigenvalue weighted by Gasteiger charge is -2.06. The first-order valence-corrected chi connectivity index (χ1v) is 9.66. The number of nitrogens with zero attached hydrogens (tertiary/aromatic N) is 4. The number of H-pyrrole nitrogens is 2. The molecule has 0 saturated heterocycles. The molecule has 0 saturated carbocycles. The minimum Gasteiger partial charge on any atom is -0.503 e. The third-order valence-electron chi connectivity index (χ3n) is 4.13. The SMILES string of the molecule is COc1cc(/C=N/n2c(-c3cc(-c4ccccc4)n[nH]3)n[nH]c2=S)cc(Br)c1O. The molecule has 29 heavy (non-hydrogen) atoms. The molecule has 2 aromatic carbocycles. The fraction of sp³-hybridized carbons (Fsp3) is 0.0526. The van der Waals surface area contributed by atoms with Crippen LogP contribution in [-0.4, -0.2) is 43.5 Å². The number of phenolic OH excluding ortho intramolecular Hbond substituents is 1. The van der Waals surface area contributed by atoms with Crippen LogP contribution in [-0.2, 0) is 0 Å². The van der Waals surface area contributed by atoms with Crippen LogP contribution in [0, 0.1) is 4.77 Å². The monoisotopic (exact) mass is 470 g/mol. The van der Waals surface area contributed by atoms with Crippen molar-refractivity contribution in [2.24, 2.45) is 5.10 Å². The first kappa shape index (κ1) is 19.1. The summed E-state index contributed by atoms with van der Waals surface area (Å²) < 4.78 is 7.48. The van der Waals surface area contributed by atoms with Crippen LogP contribution in [0.25, 0.3) is 22.8 Å². The third-order valence-corrected chi connectivity index (χ3v) is 5.00. The van der Waals surface area contributed by atoms with Gasteiger partial charge in [0, 0.05) is 5.56 Å². The lowest BCUT2D eigenvalue weighted by Crippen LogP contribution is -1.96. The lowest BCUT2D eigenvalue weighted by atomic mass is 10.1. The summed E-state index contributed by atoms with van der Waals surface area (Å²) in [6.45, 7) is 0. The van der Waals surface area contributed by atoms with Crippen molar-refractivity contribution in [3.63, 3.8) is 0 Å². The van der Waals surface area contributed by atoms with Gasteiger partial charge in [-0.3, -0.25) is 5.10 Å². The first-order valence-electron chi connectivity index (χ1n) is 8.46. The molecule has 0 unspecified atom stereocenters. The van der Waals surface area contributed by atoms with Crippen molar-refractivity contribution in [2.75, 3.05) is 7.11 Å². The molecular weight excluding hydrogens is 456 g/mol. The molecule has 3 N–H and O–H groups in total. The topological polar surface area (TPSA) is 104 Å². The summed E-state index contributed by atoms with van der Waals surface area (Å²) in [5.41, 5.74) is 3.14. The van der Waals surface area contributed by atoms with E-state index in [9.17, 15) is 5.11 Å². The van der Waals surface area contributed by atoms with Crippen LogP contribution in [0.3, 0.4) is 0 Å². The Morgan fingerprint density at radius 2 is 1.97 bits per heavy atom. The van der Waals surface area contributed by atoms with Gasteiger partial charge >= 0.3 is 0 Å². The molecule has 0 bridgehead atoms. The number of halogens is 1. The number of phenols is 1. The summed E-state index contributed by atoms with van der Waals surface area (Å²) in [6.07, 6.45) is 1.59. The van der Waals surface area contributed by atoms with Crippen LogP contribution >= 0.6 is 28.1 Å². The molecule has 0 radical (unpaired) electrons. The molecule has 0 aliphatic carbocycles. The maximum Gasteiger partial charge on any atom is 0.216 e. The normalized spacial score (nSPS) is 11.2. The molecule has 8 nitrogen and oxygen atoms in total. The number of nitrogens with one attached hydrogen (secondary N) is 2. The van der Waals surface area contributed by atoms with Gasteiger partial charge in [0.25, 0.3) is 0 Å². The number of hydrogen-bond donors (Lipinski definition) is 3. The molecule has 4 aromatic rings. The molecule has 0 atom stereocenters. The predicted molar refractivity (Wildman–Crippen MR) is 116 cm³/mol. The van der Waals surface area contributed by atoms with Gasteiger partial charge in [-0.15, -0.1) is 0 Å². The molecule has 0 aliphatic rings. The Bertz CT molecular complexity index is 1250. The molecule has 10 heteroatoms. The van der Waals surface area contributed by atoms with Gasteiger partial charge in [0.2, 0.25) is 10.6 Å². The molecule has 0 aliphatic heterocycles. The van der Waals surface area contributed by atoms with Crippen LogP contribution in [0.2, 0.25) is 0 Å². The van der Waals surface area contributed by atoms with Crippen molar-refractivity contribution in [3.8, 4) is 34.3 Å². The summed E-state index contributed by atoms with van der Waals surface area (Å²) in [5, 5.41) is 28.7. The van der Waals surface area contributed by atoms with Gasteiger partial charge < -0.3 is 9.84 Å². The minimum atomic E-state index is 0.0242. The van der Waals surface area contributed by atoms with Crippen molar-refractivity contribution < 1.29 is 9.84 Å². The largest absolute Gasteiger partial charge is 0.503 e. The van der Waals surface area contributed by atoms with E-state index < -0.39 is 0 Å². The Hall–Kier alpha value is -3.24. The highest BCUT2D eigenvalue weighted by atomic mass is 79.9. The number of aromatic amines is 2. The fourth-order valence-electron chi connectivity index (χ4n) is 2.71. The van der Waals surface area contributed by atoms with E-state index in [1.807, 2.05) is 36.4 Å². The summed E-state index contributed by atoms with van der Waals surface area (Å²) in [7, 11) is 1.48. The van der Waals surface area contributed by atoms with E-state index >= 15 is 0 Å². The zero-order valence-electron chi connectivity index (χ0n) is 15.1. The van der Waals surface area contributed by atoms with E-state index in [1.54, 1.807) is 18.3 Å². The van der Waals surface area contributed by atoms with Crippen molar-refractivity contribution in [3.05, 3.63) is 63.3 Å². The second-order valence-corrected chi connectivity index (χ2v) is 7.24. The van der Waals surface area contributed by atoms with Gasteiger partial charge in [0.15, 0.2) is 11.5 Å².